The molecule has 7 nitrogen and oxygen atoms in total. The van der Waals surface area contributed by atoms with E-state index in [-0.39, 0.29) is 12.3 Å². The van der Waals surface area contributed by atoms with Crippen LogP contribution in [0.4, 0.5) is 5.69 Å². The predicted octanol–water partition coefficient (Wildman–Crippen LogP) is 4.79. The molecule has 1 N–H and O–H groups in total. The highest BCUT2D eigenvalue weighted by Gasteiger charge is 2.16. The Morgan fingerprint density at radius 3 is 2.59 bits per heavy atom. The van der Waals surface area contributed by atoms with E-state index in [0.29, 0.717) is 36.8 Å². The van der Waals surface area contributed by atoms with Crippen molar-refractivity contribution >= 4 is 22.8 Å². The third-order valence-electron chi connectivity index (χ3n) is 4.91. The van der Waals surface area contributed by atoms with Crippen LogP contribution in [0.1, 0.15) is 26.1 Å². The molecule has 0 aliphatic heterocycles. The van der Waals surface area contributed by atoms with E-state index in [1.807, 2.05) is 73.0 Å². The van der Waals surface area contributed by atoms with E-state index in [4.69, 9.17) is 14.5 Å². The van der Waals surface area contributed by atoms with Crippen LogP contribution in [0.5, 0.6) is 11.5 Å². The maximum Gasteiger partial charge on any atom is 0.224 e. The van der Waals surface area contributed by atoms with Crippen LogP contribution < -0.4 is 14.8 Å². The zero-order valence-electron chi connectivity index (χ0n) is 18.2. The first-order chi connectivity index (χ1) is 15.7. The molecule has 0 saturated carbocycles. The summed E-state index contributed by atoms with van der Waals surface area (Å²) in [5, 5.41) is 2.96. The minimum atomic E-state index is -0.126. The van der Waals surface area contributed by atoms with Crippen molar-refractivity contribution in [2.75, 3.05) is 18.5 Å². The van der Waals surface area contributed by atoms with Crippen molar-refractivity contribution in [3.8, 4) is 17.2 Å². The molecule has 0 saturated heterocycles. The monoisotopic (exact) mass is 430 g/mol. The van der Waals surface area contributed by atoms with Gasteiger partial charge >= 0.3 is 0 Å². The zero-order chi connectivity index (χ0) is 22.3. The van der Waals surface area contributed by atoms with E-state index in [2.05, 4.69) is 10.3 Å². The highest BCUT2D eigenvalue weighted by Crippen LogP contribution is 2.30. The Bertz CT molecular complexity index is 1200. The molecular weight excluding hydrogens is 404 g/mol. The first-order valence-corrected chi connectivity index (χ1v) is 10.8. The van der Waals surface area contributed by atoms with E-state index in [0.717, 1.165) is 22.7 Å². The Balaban J connectivity index is 1.55. The van der Waals surface area contributed by atoms with Crippen LogP contribution in [0.3, 0.4) is 0 Å². The van der Waals surface area contributed by atoms with Crippen molar-refractivity contribution in [1.82, 2.24) is 14.5 Å². The van der Waals surface area contributed by atoms with Crippen LogP contribution in [0.25, 0.3) is 16.9 Å². The average molecular weight is 431 g/mol. The number of nitrogens with zero attached hydrogens (tertiary/aromatic N) is 3. The maximum absolute atomic E-state index is 12.8. The van der Waals surface area contributed by atoms with Gasteiger partial charge in [-0.15, -0.1) is 0 Å². The van der Waals surface area contributed by atoms with Gasteiger partial charge in [-0.05, 0) is 50.2 Å². The highest BCUT2D eigenvalue weighted by atomic mass is 16.5. The van der Waals surface area contributed by atoms with Gasteiger partial charge in [0.25, 0.3) is 0 Å². The van der Waals surface area contributed by atoms with Gasteiger partial charge in [0.05, 0.1) is 18.9 Å². The van der Waals surface area contributed by atoms with Gasteiger partial charge in [0.2, 0.25) is 5.91 Å². The third-order valence-corrected chi connectivity index (χ3v) is 4.91. The predicted molar refractivity (Wildman–Crippen MR) is 125 cm³/mol. The molecule has 0 fully saturated rings. The molecule has 0 aliphatic carbocycles. The van der Waals surface area contributed by atoms with Crippen LogP contribution in [0.2, 0.25) is 0 Å². The molecule has 0 radical (unpaired) electrons. The lowest BCUT2D eigenvalue weighted by atomic mass is 10.2. The van der Waals surface area contributed by atoms with Crippen LogP contribution in [0.15, 0.2) is 66.9 Å². The van der Waals surface area contributed by atoms with Gasteiger partial charge in [-0.1, -0.05) is 18.2 Å². The number of hydrogen-bond donors (Lipinski definition) is 1. The summed E-state index contributed by atoms with van der Waals surface area (Å²) in [5.41, 5.74) is 3.14. The molecule has 7 heteroatoms. The molecule has 2 aromatic carbocycles. The quantitative estimate of drug-likeness (QED) is 0.413. The molecule has 0 unspecified atom stereocenters. The zero-order valence-corrected chi connectivity index (χ0v) is 18.2. The first-order valence-electron chi connectivity index (χ1n) is 10.8. The SMILES string of the molecule is CCOc1ccc(OCC)c(NC(=O)CCc2nc3cccnc3n2-c2ccccc2)c1. The standard InChI is InChI=1S/C25H26N4O3/c1-3-31-19-12-13-22(32-4-2)21(17-19)28-24(30)15-14-23-27-20-11-8-16-26-25(20)29(23)18-9-6-5-7-10-18/h5-13,16-17H,3-4,14-15H2,1-2H3,(H,28,30). The highest BCUT2D eigenvalue weighted by molar-refractivity contribution is 5.92. The number of carbonyl (C=O) groups excluding carboxylic acids is 1. The lowest BCUT2D eigenvalue weighted by Crippen LogP contribution is -2.15. The number of rotatable bonds is 9. The maximum atomic E-state index is 12.8. The lowest BCUT2D eigenvalue weighted by molar-refractivity contribution is -0.116. The van der Waals surface area contributed by atoms with Gasteiger partial charge in [0.1, 0.15) is 22.8 Å². The fourth-order valence-corrected chi connectivity index (χ4v) is 3.56. The number of ether oxygens (including phenoxy) is 2. The van der Waals surface area contributed by atoms with Crippen molar-refractivity contribution in [1.29, 1.82) is 0 Å². The Morgan fingerprint density at radius 1 is 1.00 bits per heavy atom. The van der Waals surface area contributed by atoms with Crippen LogP contribution in [0, 0.1) is 0 Å². The molecule has 4 rings (SSSR count). The van der Waals surface area contributed by atoms with Gasteiger partial charge in [0.15, 0.2) is 5.65 Å². The number of fused-ring (bicyclic) bond motifs is 1. The molecule has 2 heterocycles. The average Bonchev–Trinajstić information content (AvgIpc) is 3.19. The number of carbonyl (C=O) groups is 1. The summed E-state index contributed by atoms with van der Waals surface area (Å²) in [7, 11) is 0. The van der Waals surface area contributed by atoms with E-state index in [9.17, 15) is 4.79 Å². The number of para-hydroxylation sites is 1. The van der Waals surface area contributed by atoms with Gasteiger partial charge in [-0.3, -0.25) is 9.36 Å². The minimum Gasteiger partial charge on any atom is -0.494 e. The van der Waals surface area contributed by atoms with Crippen molar-refractivity contribution < 1.29 is 14.3 Å². The summed E-state index contributed by atoms with van der Waals surface area (Å²) in [4.78, 5) is 22.0. The van der Waals surface area contributed by atoms with Crippen molar-refractivity contribution in [3.63, 3.8) is 0 Å². The second-order valence-corrected chi connectivity index (χ2v) is 7.12. The number of amides is 1. The molecule has 164 valence electrons. The Kier molecular flexibility index (Phi) is 6.65. The number of benzene rings is 2. The summed E-state index contributed by atoms with van der Waals surface area (Å²) in [6.07, 6.45) is 2.48. The number of nitrogens with one attached hydrogen (secondary N) is 1. The van der Waals surface area contributed by atoms with E-state index in [1.165, 1.54) is 0 Å². The van der Waals surface area contributed by atoms with Gasteiger partial charge < -0.3 is 14.8 Å². The Morgan fingerprint density at radius 2 is 1.81 bits per heavy atom. The van der Waals surface area contributed by atoms with Gasteiger partial charge in [-0.2, -0.15) is 0 Å². The number of imidazole rings is 1. The molecule has 0 atom stereocenters. The molecule has 0 spiro atoms. The molecule has 1 amide bonds. The summed E-state index contributed by atoms with van der Waals surface area (Å²) in [6, 6.07) is 19.2. The number of aromatic nitrogens is 3. The van der Waals surface area contributed by atoms with Crippen LogP contribution in [-0.2, 0) is 11.2 Å². The van der Waals surface area contributed by atoms with Crippen molar-refractivity contribution in [2.45, 2.75) is 26.7 Å². The largest absolute Gasteiger partial charge is 0.494 e. The topological polar surface area (TPSA) is 78.3 Å². The smallest absolute Gasteiger partial charge is 0.224 e. The number of aryl methyl sites for hydroxylation is 1. The molecule has 0 aliphatic rings. The van der Waals surface area contributed by atoms with Crippen LogP contribution >= 0.6 is 0 Å². The molecule has 4 aromatic rings. The Hall–Kier alpha value is -3.87. The summed E-state index contributed by atoms with van der Waals surface area (Å²) < 4.78 is 13.2. The minimum absolute atomic E-state index is 0.126. The van der Waals surface area contributed by atoms with E-state index < -0.39 is 0 Å². The molecule has 0 bridgehead atoms. The molecular formula is C25H26N4O3. The fraction of sp³-hybridized carbons (Fsp3) is 0.240. The third kappa shape index (κ3) is 4.72. The number of hydrogen-bond acceptors (Lipinski definition) is 5. The Labute approximate surface area is 187 Å². The molecule has 2 aromatic heterocycles. The second-order valence-electron chi connectivity index (χ2n) is 7.12. The molecule has 32 heavy (non-hydrogen) atoms. The number of pyridine rings is 1. The van der Waals surface area contributed by atoms with Gasteiger partial charge in [-0.25, -0.2) is 9.97 Å². The van der Waals surface area contributed by atoms with Crippen molar-refractivity contribution in [2.24, 2.45) is 0 Å². The lowest BCUT2D eigenvalue weighted by Gasteiger charge is -2.14. The summed E-state index contributed by atoms with van der Waals surface area (Å²) >= 11 is 0. The first kappa shape index (κ1) is 21.4. The number of anilines is 1. The van der Waals surface area contributed by atoms with Gasteiger partial charge in [0, 0.05) is 30.8 Å². The summed E-state index contributed by atoms with van der Waals surface area (Å²) in [5.74, 6) is 1.96. The van der Waals surface area contributed by atoms with E-state index >= 15 is 0 Å². The fourth-order valence-electron chi connectivity index (χ4n) is 3.56. The normalized spacial score (nSPS) is 10.8. The second kappa shape index (κ2) is 9.96. The van der Waals surface area contributed by atoms with E-state index in [1.54, 1.807) is 12.3 Å². The van der Waals surface area contributed by atoms with Crippen molar-refractivity contribution in [3.05, 3.63) is 72.7 Å². The summed E-state index contributed by atoms with van der Waals surface area (Å²) in [6.45, 7) is 4.88. The van der Waals surface area contributed by atoms with Crippen LogP contribution in [-0.4, -0.2) is 33.7 Å².